The van der Waals surface area contributed by atoms with Gasteiger partial charge in [0.2, 0.25) is 5.91 Å². The van der Waals surface area contributed by atoms with E-state index in [-0.39, 0.29) is 11.8 Å². The molecule has 0 spiro atoms. The van der Waals surface area contributed by atoms with Crippen molar-refractivity contribution in [3.63, 3.8) is 0 Å². The van der Waals surface area contributed by atoms with Crippen LogP contribution in [0.25, 0.3) is 0 Å². The van der Waals surface area contributed by atoms with Gasteiger partial charge in [0.1, 0.15) is 12.4 Å². The normalized spacial score (nSPS) is 18.6. The molecule has 0 aliphatic carbocycles. The molecule has 1 fully saturated rings. The molecule has 20 heavy (non-hydrogen) atoms. The van der Waals surface area contributed by atoms with E-state index in [0.717, 1.165) is 37.2 Å². The summed E-state index contributed by atoms with van der Waals surface area (Å²) in [7, 11) is 1.86. The van der Waals surface area contributed by atoms with E-state index in [4.69, 9.17) is 4.74 Å². The van der Waals surface area contributed by atoms with Gasteiger partial charge < -0.3 is 15.0 Å². The SMILES string of the molecule is Cc1ccccc1OCCN(C)C(=O)C1CCCNC1. The fourth-order valence-electron chi connectivity index (χ4n) is 2.50. The number of hydrogen-bond donors (Lipinski definition) is 1. The van der Waals surface area contributed by atoms with Crippen LogP contribution in [0.15, 0.2) is 24.3 Å². The molecule has 1 amide bonds. The van der Waals surface area contributed by atoms with Crippen molar-refractivity contribution in [3.05, 3.63) is 29.8 Å². The fourth-order valence-corrected chi connectivity index (χ4v) is 2.50. The van der Waals surface area contributed by atoms with Crippen LogP contribution in [-0.4, -0.2) is 44.1 Å². The summed E-state index contributed by atoms with van der Waals surface area (Å²) in [6, 6.07) is 7.94. The Morgan fingerprint density at radius 1 is 1.45 bits per heavy atom. The van der Waals surface area contributed by atoms with E-state index < -0.39 is 0 Å². The Morgan fingerprint density at radius 2 is 2.25 bits per heavy atom. The summed E-state index contributed by atoms with van der Waals surface area (Å²) in [5.41, 5.74) is 1.12. The lowest BCUT2D eigenvalue weighted by Crippen LogP contribution is -2.42. The van der Waals surface area contributed by atoms with Gasteiger partial charge in [-0.05, 0) is 37.9 Å². The number of ether oxygens (including phenoxy) is 1. The van der Waals surface area contributed by atoms with Crippen LogP contribution in [0, 0.1) is 12.8 Å². The van der Waals surface area contributed by atoms with Crippen molar-refractivity contribution in [2.24, 2.45) is 5.92 Å². The number of nitrogens with one attached hydrogen (secondary N) is 1. The Bertz CT molecular complexity index is 442. The first kappa shape index (κ1) is 14.9. The number of likely N-dealkylation sites (N-methyl/N-ethyl adjacent to an activating group) is 1. The highest BCUT2D eigenvalue weighted by Crippen LogP contribution is 2.16. The van der Waals surface area contributed by atoms with E-state index in [0.29, 0.717) is 13.2 Å². The molecule has 2 rings (SSSR count). The predicted octanol–water partition coefficient (Wildman–Crippen LogP) is 1.83. The maximum atomic E-state index is 12.2. The lowest BCUT2D eigenvalue weighted by atomic mass is 9.98. The molecule has 1 aromatic rings. The zero-order chi connectivity index (χ0) is 14.4. The van der Waals surface area contributed by atoms with Crippen molar-refractivity contribution in [2.45, 2.75) is 19.8 Å². The highest BCUT2D eigenvalue weighted by atomic mass is 16.5. The van der Waals surface area contributed by atoms with E-state index in [1.165, 1.54) is 0 Å². The van der Waals surface area contributed by atoms with Crippen LogP contribution in [0.4, 0.5) is 0 Å². The maximum Gasteiger partial charge on any atom is 0.226 e. The third-order valence-electron chi connectivity index (χ3n) is 3.80. The second-order valence-corrected chi connectivity index (χ2v) is 5.42. The minimum atomic E-state index is 0.132. The minimum absolute atomic E-state index is 0.132. The van der Waals surface area contributed by atoms with Gasteiger partial charge in [-0.15, -0.1) is 0 Å². The van der Waals surface area contributed by atoms with Gasteiger partial charge in [-0.1, -0.05) is 18.2 Å². The average Bonchev–Trinajstić information content (AvgIpc) is 2.49. The smallest absolute Gasteiger partial charge is 0.226 e. The highest BCUT2D eigenvalue weighted by molar-refractivity contribution is 5.78. The van der Waals surface area contributed by atoms with Crippen molar-refractivity contribution in [2.75, 3.05) is 33.3 Å². The first-order valence-electron chi connectivity index (χ1n) is 7.32. The van der Waals surface area contributed by atoms with Crippen LogP contribution in [-0.2, 0) is 4.79 Å². The monoisotopic (exact) mass is 276 g/mol. The first-order chi connectivity index (χ1) is 9.68. The highest BCUT2D eigenvalue weighted by Gasteiger charge is 2.23. The molecule has 1 aromatic carbocycles. The van der Waals surface area contributed by atoms with Crippen molar-refractivity contribution < 1.29 is 9.53 Å². The molecule has 0 bridgehead atoms. The molecular weight excluding hydrogens is 252 g/mol. The van der Waals surface area contributed by atoms with Crippen molar-refractivity contribution >= 4 is 5.91 Å². The van der Waals surface area contributed by atoms with Crippen molar-refractivity contribution in [3.8, 4) is 5.75 Å². The summed E-state index contributed by atoms with van der Waals surface area (Å²) >= 11 is 0. The molecule has 1 saturated heterocycles. The van der Waals surface area contributed by atoms with E-state index in [1.807, 2.05) is 38.2 Å². The van der Waals surface area contributed by atoms with E-state index in [1.54, 1.807) is 4.90 Å². The second-order valence-electron chi connectivity index (χ2n) is 5.42. The standard InChI is InChI=1S/C16H24N2O2/c1-13-6-3-4-8-15(13)20-11-10-18(2)16(19)14-7-5-9-17-12-14/h3-4,6,8,14,17H,5,7,9-12H2,1-2H3. The third-order valence-corrected chi connectivity index (χ3v) is 3.80. The Kier molecular flexibility index (Phi) is 5.41. The van der Waals surface area contributed by atoms with Crippen LogP contribution in [0.3, 0.4) is 0 Å². The number of amides is 1. The van der Waals surface area contributed by atoms with Crippen LogP contribution in [0.1, 0.15) is 18.4 Å². The summed E-state index contributed by atoms with van der Waals surface area (Å²) in [4.78, 5) is 14.0. The summed E-state index contributed by atoms with van der Waals surface area (Å²) in [6.45, 7) is 5.03. The Labute approximate surface area is 121 Å². The van der Waals surface area contributed by atoms with Crippen LogP contribution < -0.4 is 10.1 Å². The molecule has 1 heterocycles. The largest absolute Gasteiger partial charge is 0.491 e. The van der Waals surface area contributed by atoms with Gasteiger partial charge in [-0.2, -0.15) is 0 Å². The molecule has 0 radical (unpaired) electrons. The Hall–Kier alpha value is -1.55. The fraction of sp³-hybridized carbons (Fsp3) is 0.562. The topological polar surface area (TPSA) is 41.6 Å². The van der Waals surface area contributed by atoms with Crippen LogP contribution in [0.5, 0.6) is 5.75 Å². The van der Waals surface area contributed by atoms with Crippen molar-refractivity contribution in [1.82, 2.24) is 10.2 Å². The van der Waals surface area contributed by atoms with Gasteiger partial charge in [-0.3, -0.25) is 4.79 Å². The predicted molar refractivity (Wildman–Crippen MR) is 79.9 cm³/mol. The lowest BCUT2D eigenvalue weighted by molar-refractivity contribution is -0.135. The molecule has 0 saturated carbocycles. The molecule has 1 atom stereocenters. The number of benzene rings is 1. The van der Waals surface area contributed by atoms with Gasteiger partial charge in [0.05, 0.1) is 12.5 Å². The first-order valence-corrected chi connectivity index (χ1v) is 7.32. The maximum absolute atomic E-state index is 12.2. The Balaban J connectivity index is 1.75. The van der Waals surface area contributed by atoms with Gasteiger partial charge in [0.15, 0.2) is 0 Å². The number of hydrogen-bond acceptors (Lipinski definition) is 3. The molecule has 4 heteroatoms. The van der Waals surface area contributed by atoms with E-state index in [9.17, 15) is 4.79 Å². The summed E-state index contributed by atoms with van der Waals surface area (Å²) in [5.74, 6) is 1.26. The molecule has 1 unspecified atom stereocenters. The number of carbonyl (C=O) groups is 1. The second kappa shape index (κ2) is 7.29. The summed E-state index contributed by atoms with van der Waals surface area (Å²) < 4.78 is 5.74. The summed E-state index contributed by atoms with van der Waals surface area (Å²) in [6.07, 6.45) is 2.08. The number of nitrogens with zero attached hydrogens (tertiary/aromatic N) is 1. The van der Waals surface area contributed by atoms with Gasteiger partial charge >= 0.3 is 0 Å². The molecule has 1 N–H and O–H groups in total. The molecule has 1 aliphatic heterocycles. The number of aryl methyl sites for hydroxylation is 1. The Morgan fingerprint density at radius 3 is 2.95 bits per heavy atom. The van der Waals surface area contributed by atoms with Gasteiger partial charge in [-0.25, -0.2) is 0 Å². The zero-order valence-electron chi connectivity index (χ0n) is 12.4. The van der Waals surface area contributed by atoms with Crippen LogP contribution >= 0.6 is 0 Å². The van der Waals surface area contributed by atoms with E-state index in [2.05, 4.69) is 5.32 Å². The summed E-state index contributed by atoms with van der Waals surface area (Å²) in [5, 5.41) is 3.28. The lowest BCUT2D eigenvalue weighted by Gasteiger charge is -2.27. The zero-order valence-corrected chi connectivity index (χ0v) is 12.4. The molecule has 0 aromatic heterocycles. The average molecular weight is 276 g/mol. The third kappa shape index (κ3) is 3.97. The number of rotatable bonds is 5. The van der Waals surface area contributed by atoms with Crippen LogP contribution in [0.2, 0.25) is 0 Å². The van der Waals surface area contributed by atoms with Gasteiger partial charge in [0.25, 0.3) is 0 Å². The van der Waals surface area contributed by atoms with Crippen molar-refractivity contribution in [1.29, 1.82) is 0 Å². The molecular formula is C16H24N2O2. The number of piperidine rings is 1. The number of para-hydroxylation sites is 1. The number of carbonyl (C=O) groups excluding carboxylic acids is 1. The molecule has 110 valence electrons. The van der Waals surface area contributed by atoms with E-state index >= 15 is 0 Å². The quantitative estimate of drug-likeness (QED) is 0.892. The molecule has 4 nitrogen and oxygen atoms in total. The molecule has 1 aliphatic rings. The van der Waals surface area contributed by atoms with Gasteiger partial charge in [0, 0.05) is 13.6 Å². The minimum Gasteiger partial charge on any atom is -0.491 e.